The fourth-order valence-electron chi connectivity index (χ4n) is 1.69. The highest BCUT2D eigenvalue weighted by atomic mass is 79.9. The zero-order chi connectivity index (χ0) is 13.8. The third kappa shape index (κ3) is 3.79. The maximum Gasteiger partial charge on any atom is 0.221 e. The van der Waals surface area contributed by atoms with Gasteiger partial charge in [-0.1, -0.05) is 6.07 Å². The Kier molecular flexibility index (Phi) is 4.16. The van der Waals surface area contributed by atoms with Gasteiger partial charge in [-0.25, -0.2) is 4.98 Å². The molecule has 0 aliphatic rings. The standard InChI is InChI=1S/C14H14BrN3O/c1-9-6-11(15)8-16-14(9)18-13-5-3-4-12(7-13)17-10(2)19/h3-8H,1-2H3,(H,16,18)(H,17,19). The van der Waals surface area contributed by atoms with Gasteiger partial charge in [0.25, 0.3) is 0 Å². The number of benzene rings is 1. The summed E-state index contributed by atoms with van der Waals surface area (Å²) in [5.74, 6) is 0.707. The molecule has 1 amide bonds. The molecule has 0 radical (unpaired) electrons. The van der Waals surface area contributed by atoms with E-state index < -0.39 is 0 Å². The number of halogens is 1. The summed E-state index contributed by atoms with van der Waals surface area (Å²) < 4.78 is 0.947. The molecule has 0 saturated carbocycles. The predicted molar refractivity (Wildman–Crippen MR) is 80.7 cm³/mol. The monoisotopic (exact) mass is 319 g/mol. The van der Waals surface area contributed by atoms with Gasteiger partial charge in [0.05, 0.1) is 0 Å². The Morgan fingerprint density at radius 2 is 2.00 bits per heavy atom. The van der Waals surface area contributed by atoms with Gasteiger partial charge in [0.1, 0.15) is 5.82 Å². The van der Waals surface area contributed by atoms with Crippen molar-refractivity contribution in [3.63, 3.8) is 0 Å². The highest BCUT2D eigenvalue weighted by molar-refractivity contribution is 9.10. The minimum absolute atomic E-state index is 0.0879. The lowest BCUT2D eigenvalue weighted by Crippen LogP contribution is -2.06. The number of amides is 1. The molecule has 5 heteroatoms. The molecule has 0 unspecified atom stereocenters. The zero-order valence-corrected chi connectivity index (χ0v) is 12.3. The van der Waals surface area contributed by atoms with E-state index in [0.717, 1.165) is 27.2 Å². The van der Waals surface area contributed by atoms with E-state index in [0.29, 0.717) is 0 Å². The molecule has 98 valence electrons. The fourth-order valence-corrected chi connectivity index (χ4v) is 2.13. The lowest BCUT2D eigenvalue weighted by atomic mass is 10.2. The van der Waals surface area contributed by atoms with Crippen LogP contribution in [0.4, 0.5) is 17.2 Å². The van der Waals surface area contributed by atoms with Crippen LogP contribution in [0.2, 0.25) is 0 Å². The van der Waals surface area contributed by atoms with E-state index in [2.05, 4.69) is 31.5 Å². The van der Waals surface area contributed by atoms with Crippen LogP contribution in [-0.4, -0.2) is 10.9 Å². The maximum absolute atomic E-state index is 11.0. The molecule has 0 bridgehead atoms. The second-order valence-electron chi connectivity index (χ2n) is 4.21. The van der Waals surface area contributed by atoms with Crippen LogP contribution < -0.4 is 10.6 Å². The van der Waals surface area contributed by atoms with Crippen LogP contribution in [-0.2, 0) is 4.79 Å². The molecule has 0 spiro atoms. The molecule has 2 rings (SSSR count). The summed E-state index contributed by atoms with van der Waals surface area (Å²) in [5, 5.41) is 5.98. The van der Waals surface area contributed by atoms with Gasteiger partial charge >= 0.3 is 0 Å². The SMILES string of the molecule is CC(=O)Nc1cccc(Nc2ncc(Br)cc2C)c1. The summed E-state index contributed by atoms with van der Waals surface area (Å²) in [6, 6.07) is 9.50. The van der Waals surface area contributed by atoms with E-state index in [4.69, 9.17) is 0 Å². The third-order valence-electron chi connectivity index (χ3n) is 2.49. The van der Waals surface area contributed by atoms with Gasteiger partial charge in [-0.05, 0) is 52.7 Å². The summed E-state index contributed by atoms with van der Waals surface area (Å²) in [6.45, 7) is 3.47. The summed E-state index contributed by atoms with van der Waals surface area (Å²) in [7, 11) is 0. The van der Waals surface area contributed by atoms with Crippen LogP contribution in [0.3, 0.4) is 0 Å². The fraction of sp³-hybridized carbons (Fsp3) is 0.143. The molecule has 2 aromatic rings. The van der Waals surface area contributed by atoms with Crippen LogP contribution >= 0.6 is 15.9 Å². The largest absolute Gasteiger partial charge is 0.340 e. The smallest absolute Gasteiger partial charge is 0.221 e. The number of carbonyl (C=O) groups is 1. The van der Waals surface area contributed by atoms with Crippen molar-refractivity contribution in [2.75, 3.05) is 10.6 Å². The summed E-state index contributed by atoms with van der Waals surface area (Å²) in [6.07, 6.45) is 1.74. The number of hydrogen-bond donors (Lipinski definition) is 2. The number of carbonyl (C=O) groups excluding carboxylic acids is 1. The third-order valence-corrected chi connectivity index (χ3v) is 2.92. The number of nitrogens with one attached hydrogen (secondary N) is 2. The Morgan fingerprint density at radius 1 is 1.26 bits per heavy atom. The number of hydrogen-bond acceptors (Lipinski definition) is 3. The van der Waals surface area contributed by atoms with Crippen LogP contribution in [0.1, 0.15) is 12.5 Å². The molecule has 4 nitrogen and oxygen atoms in total. The predicted octanol–water partition coefficient (Wildman–Crippen LogP) is 3.85. The molecule has 0 aliphatic carbocycles. The molecule has 0 saturated heterocycles. The quantitative estimate of drug-likeness (QED) is 0.903. The van der Waals surface area contributed by atoms with Crippen molar-refractivity contribution in [1.82, 2.24) is 4.98 Å². The highest BCUT2D eigenvalue weighted by Gasteiger charge is 2.02. The van der Waals surface area contributed by atoms with Crippen molar-refractivity contribution >= 4 is 39.0 Å². The number of aromatic nitrogens is 1. The average molecular weight is 320 g/mol. The van der Waals surface area contributed by atoms with E-state index in [1.807, 2.05) is 37.3 Å². The Balaban J connectivity index is 2.21. The molecule has 1 heterocycles. The number of rotatable bonds is 3. The van der Waals surface area contributed by atoms with E-state index in [1.165, 1.54) is 6.92 Å². The molecule has 19 heavy (non-hydrogen) atoms. The Bertz CT molecular complexity index is 613. The first-order chi connectivity index (χ1) is 9.04. The first-order valence-corrected chi connectivity index (χ1v) is 6.61. The molecular weight excluding hydrogens is 306 g/mol. The van der Waals surface area contributed by atoms with Gasteiger partial charge in [-0.2, -0.15) is 0 Å². The molecule has 0 atom stereocenters. The van der Waals surface area contributed by atoms with Gasteiger partial charge in [0.15, 0.2) is 0 Å². The van der Waals surface area contributed by atoms with Crippen LogP contribution in [0.15, 0.2) is 41.0 Å². The summed E-state index contributed by atoms with van der Waals surface area (Å²) in [5.41, 5.74) is 2.68. The Labute approximate surface area is 120 Å². The molecule has 2 N–H and O–H groups in total. The normalized spacial score (nSPS) is 10.1. The average Bonchev–Trinajstić information content (AvgIpc) is 2.32. The van der Waals surface area contributed by atoms with Crippen molar-refractivity contribution in [3.05, 3.63) is 46.6 Å². The second-order valence-corrected chi connectivity index (χ2v) is 5.12. The summed E-state index contributed by atoms with van der Waals surface area (Å²) >= 11 is 3.38. The van der Waals surface area contributed by atoms with Gasteiger partial charge < -0.3 is 10.6 Å². The van der Waals surface area contributed by atoms with Gasteiger partial charge in [-0.15, -0.1) is 0 Å². The minimum Gasteiger partial charge on any atom is -0.340 e. The van der Waals surface area contributed by atoms with Crippen LogP contribution in [0, 0.1) is 6.92 Å². The molecule has 0 fully saturated rings. The van der Waals surface area contributed by atoms with Crippen LogP contribution in [0.25, 0.3) is 0 Å². The maximum atomic E-state index is 11.0. The topological polar surface area (TPSA) is 54.0 Å². The van der Waals surface area contributed by atoms with Crippen molar-refractivity contribution in [3.8, 4) is 0 Å². The van der Waals surface area contributed by atoms with Gasteiger partial charge in [0.2, 0.25) is 5.91 Å². The molecular formula is C14H14BrN3O. The molecule has 0 aliphatic heterocycles. The minimum atomic E-state index is -0.0879. The Morgan fingerprint density at radius 3 is 2.68 bits per heavy atom. The number of anilines is 3. The van der Waals surface area contributed by atoms with Gasteiger partial charge in [0, 0.05) is 29.0 Å². The Hall–Kier alpha value is -1.88. The van der Waals surface area contributed by atoms with Crippen molar-refractivity contribution in [2.45, 2.75) is 13.8 Å². The summed E-state index contributed by atoms with van der Waals surface area (Å²) in [4.78, 5) is 15.3. The van der Waals surface area contributed by atoms with E-state index in [9.17, 15) is 4.79 Å². The van der Waals surface area contributed by atoms with E-state index in [-0.39, 0.29) is 5.91 Å². The first-order valence-electron chi connectivity index (χ1n) is 5.81. The lowest BCUT2D eigenvalue weighted by molar-refractivity contribution is -0.114. The van der Waals surface area contributed by atoms with E-state index >= 15 is 0 Å². The van der Waals surface area contributed by atoms with Gasteiger partial charge in [-0.3, -0.25) is 4.79 Å². The molecule has 1 aromatic heterocycles. The zero-order valence-electron chi connectivity index (χ0n) is 10.7. The van der Waals surface area contributed by atoms with Crippen molar-refractivity contribution < 1.29 is 4.79 Å². The number of nitrogens with zero attached hydrogens (tertiary/aromatic N) is 1. The number of aryl methyl sites for hydroxylation is 1. The second kappa shape index (κ2) is 5.84. The lowest BCUT2D eigenvalue weighted by Gasteiger charge is -2.10. The van der Waals surface area contributed by atoms with E-state index in [1.54, 1.807) is 6.20 Å². The first kappa shape index (κ1) is 13.5. The van der Waals surface area contributed by atoms with Crippen molar-refractivity contribution in [1.29, 1.82) is 0 Å². The number of pyridine rings is 1. The highest BCUT2D eigenvalue weighted by Crippen LogP contribution is 2.22. The molecule has 1 aromatic carbocycles. The van der Waals surface area contributed by atoms with Crippen molar-refractivity contribution in [2.24, 2.45) is 0 Å². The van der Waals surface area contributed by atoms with Crippen LogP contribution in [0.5, 0.6) is 0 Å².